The molecular formula is C26H32N2O3S2. The second kappa shape index (κ2) is 12.7. The van der Waals surface area contributed by atoms with E-state index in [0.29, 0.717) is 11.5 Å². The van der Waals surface area contributed by atoms with E-state index in [2.05, 4.69) is 47.4 Å². The van der Waals surface area contributed by atoms with Gasteiger partial charge in [0.15, 0.2) is 0 Å². The molecule has 2 heterocycles. The third-order valence-electron chi connectivity index (χ3n) is 5.19. The van der Waals surface area contributed by atoms with E-state index in [1.807, 2.05) is 18.2 Å². The number of phenols is 1. The van der Waals surface area contributed by atoms with Crippen molar-refractivity contribution in [3.63, 3.8) is 0 Å². The Bertz CT molecular complexity index is 1180. The summed E-state index contributed by atoms with van der Waals surface area (Å²) in [5.41, 5.74) is 2.49. The first-order chi connectivity index (χ1) is 16.0. The molecule has 4 rings (SSSR count). The van der Waals surface area contributed by atoms with Crippen LogP contribution >= 0.6 is 22.7 Å². The van der Waals surface area contributed by atoms with Crippen LogP contribution in [-0.4, -0.2) is 37.3 Å². The SMILES string of the molecule is CCNCCc1csc2cccc(O)c12.CCNCCc1csc2cccc(OC(C)=O)c12. The van der Waals surface area contributed by atoms with E-state index in [9.17, 15) is 9.90 Å². The van der Waals surface area contributed by atoms with E-state index in [0.717, 1.165) is 49.8 Å². The third-order valence-corrected chi connectivity index (χ3v) is 7.18. The first kappa shape index (κ1) is 25.2. The predicted octanol–water partition coefficient (Wildman–Crippen LogP) is 5.74. The molecule has 0 unspecified atom stereocenters. The number of fused-ring (bicyclic) bond motifs is 2. The lowest BCUT2D eigenvalue weighted by Gasteiger charge is -2.06. The molecule has 0 aliphatic rings. The predicted molar refractivity (Wildman–Crippen MR) is 141 cm³/mol. The Labute approximate surface area is 203 Å². The van der Waals surface area contributed by atoms with Crippen molar-refractivity contribution in [3.05, 3.63) is 58.3 Å². The van der Waals surface area contributed by atoms with Crippen LogP contribution in [0, 0.1) is 0 Å². The number of hydrogen-bond acceptors (Lipinski definition) is 7. The molecule has 2 aromatic heterocycles. The molecule has 176 valence electrons. The van der Waals surface area contributed by atoms with Gasteiger partial charge < -0.3 is 20.5 Å². The quantitative estimate of drug-likeness (QED) is 0.161. The van der Waals surface area contributed by atoms with Gasteiger partial charge in [-0.2, -0.15) is 0 Å². The van der Waals surface area contributed by atoms with Crippen LogP contribution in [0.15, 0.2) is 47.2 Å². The van der Waals surface area contributed by atoms with Crippen molar-refractivity contribution < 1.29 is 14.6 Å². The summed E-state index contributed by atoms with van der Waals surface area (Å²) in [6, 6.07) is 11.5. The van der Waals surface area contributed by atoms with E-state index >= 15 is 0 Å². The molecule has 0 fully saturated rings. The Morgan fingerprint density at radius 3 is 2.00 bits per heavy atom. The van der Waals surface area contributed by atoms with Crippen molar-refractivity contribution in [1.29, 1.82) is 0 Å². The molecule has 0 spiro atoms. The summed E-state index contributed by atoms with van der Waals surface area (Å²) in [4.78, 5) is 11.1. The van der Waals surface area contributed by atoms with Crippen molar-refractivity contribution in [3.8, 4) is 11.5 Å². The number of carbonyl (C=O) groups is 1. The Kier molecular flexibility index (Phi) is 9.69. The number of thiophene rings is 2. The van der Waals surface area contributed by atoms with Gasteiger partial charge in [0.25, 0.3) is 0 Å². The van der Waals surface area contributed by atoms with E-state index in [4.69, 9.17) is 4.74 Å². The minimum atomic E-state index is -0.272. The maximum Gasteiger partial charge on any atom is 0.308 e. The molecule has 0 atom stereocenters. The number of phenolic OH excluding ortho intramolecular Hbond substituents is 1. The molecule has 0 bridgehead atoms. The highest BCUT2D eigenvalue weighted by Gasteiger charge is 2.11. The topological polar surface area (TPSA) is 70.6 Å². The molecule has 0 amide bonds. The molecule has 2 aromatic carbocycles. The molecule has 4 aromatic rings. The fourth-order valence-electron chi connectivity index (χ4n) is 3.66. The Balaban J connectivity index is 0.000000189. The van der Waals surface area contributed by atoms with Gasteiger partial charge in [-0.05, 0) is 85.2 Å². The Morgan fingerprint density at radius 1 is 0.879 bits per heavy atom. The molecule has 3 N–H and O–H groups in total. The fourth-order valence-corrected chi connectivity index (χ4v) is 5.69. The highest BCUT2D eigenvalue weighted by molar-refractivity contribution is 7.17. The van der Waals surface area contributed by atoms with Crippen molar-refractivity contribution in [2.75, 3.05) is 26.2 Å². The second-order valence-corrected chi connectivity index (χ2v) is 9.42. The van der Waals surface area contributed by atoms with Gasteiger partial charge in [-0.25, -0.2) is 0 Å². The maximum absolute atomic E-state index is 11.1. The van der Waals surface area contributed by atoms with Gasteiger partial charge in [-0.1, -0.05) is 26.0 Å². The maximum atomic E-state index is 11.1. The summed E-state index contributed by atoms with van der Waals surface area (Å²) in [6.45, 7) is 9.50. The van der Waals surface area contributed by atoms with Gasteiger partial charge in [-0.15, -0.1) is 22.7 Å². The number of benzene rings is 2. The zero-order valence-corrected chi connectivity index (χ0v) is 21.1. The molecule has 0 saturated carbocycles. The summed E-state index contributed by atoms with van der Waals surface area (Å²) in [6.07, 6.45) is 1.93. The van der Waals surface area contributed by atoms with Gasteiger partial charge in [0, 0.05) is 27.1 Å². The minimum Gasteiger partial charge on any atom is -0.507 e. The largest absolute Gasteiger partial charge is 0.507 e. The number of rotatable bonds is 9. The average molecular weight is 485 g/mol. The number of nitrogens with one attached hydrogen (secondary N) is 2. The molecule has 0 aliphatic heterocycles. The number of carbonyl (C=O) groups excluding carboxylic acids is 1. The van der Waals surface area contributed by atoms with Crippen molar-refractivity contribution in [2.45, 2.75) is 33.6 Å². The van der Waals surface area contributed by atoms with Gasteiger partial charge in [0.1, 0.15) is 11.5 Å². The minimum absolute atomic E-state index is 0.272. The lowest BCUT2D eigenvalue weighted by Crippen LogP contribution is -2.15. The molecule has 0 saturated heterocycles. The highest BCUT2D eigenvalue weighted by Crippen LogP contribution is 2.34. The fraction of sp³-hybridized carbons (Fsp3) is 0.346. The van der Waals surface area contributed by atoms with E-state index in [1.54, 1.807) is 28.7 Å². The van der Waals surface area contributed by atoms with Gasteiger partial charge >= 0.3 is 5.97 Å². The van der Waals surface area contributed by atoms with Crippen LogP contribution in [0.5, 0.6) is 11.5 Å². The van der Waals surface area contributed by atoms with Crippen LogP contribution in [0.25, 0.3) is 20.2 Å². The number of hydrogen-bond donors (Lipinski definition) is 3. The molecule has 0 aliphatic carbocycles. The van der Waals surface area contributed by atoms with Gasteiger partial charge in [0.05, 0.1) is 0 Å². The van der Waals surface area contributed by atoms with Crippen molar-refractivity contribution >= 4 is 48.8 Å². The zero-order chi connectivity index (χ0) is 23.6. The van der Waals surface area contributed by atoms with E-state index in [1.165, 1.54) is 27.5 Å². The number of likely N-dealkylation sites (N-methyl/N-ethyl adjacent to an activating group) is 2. The average Bonchev–Trinajstić information content (AvgIpc) is 3.40. The summed E-state index contributed by atoms with van der Waals surface area (Å²) < 4.78 is 7.62. The normalized spacial score (nSPS) is 10.9. The summed E-state index contributed by atoms with van der Waals surface area (Å²) in [5.74, 6) is 0.805. The second-order valence-electron chi connectivity index (χ2n) is 7.60. The molecule has 0 radical (unpaired) electrons. The highest BCUT2D eigenvalue weighted by atomic mass is 32.1. The molecular weight excluding hydrogens is 452 g/mol. The lowest BCUT2D eigenvalue weighted by molar-refractivity contribution is -0.131. The zero-order valence-electron chi connectivity index (χ0n) is 19.4. The Hall–Kier alpha value is -2.45. The van der Waals surface area contributed by atoms with Crippen LogP contribution in [0.1, 0.15) is 31.9 Å². The van der Waals surface area contributed by atoms with Gasteiger partial charge in [-0.3, -0.25) is 4.79 Å². The van der Waals surface area contributed by atoms with Crippen molar-refractivity contribution in [1.82, 2.24) is 10.6 Å². The summed E-state index contributed by atoms with van der Waals surface area (Å²) in [5, 5.41) is 22.8. The molecule has 5 nitrogen and oxygen atoms in total. The van der Waals surface area contributed by atoms with Crippen LogP contribution in [-0.2, 0) is 17.6 Å². The van der Waals surface area contributed by atoms with Crippen molar-refractivity contribution in [2.24, 2.45) is 0 Å². The number of aromatic hydroxyl groups is 1. The number of ether oxygens (including phenoxy) is 1. The standard InChI is InChI=1S/C14H17NO2S.C12H15NOS/c1-3-15-8-7-11-9-18-13-6-4-5-12(14(11)13)17-10(2)16;1-2-13-7-6-9-8-15-11-5-3-4-10(14)12(9)11/h4-6,9,15H,3,7-8H2,1-2H3;3-5,8,13-14H,2,6-7H2,1H3. The monoisotopic (exact) mass is 484 g/mol. The van der Waals surface area contributed by atoms with E-state index < -0.39 is 0 Å². The van der Waals surface area contributed by atoms with Gasteiger partial charge in [0.2, 0.25) is 0 Å². The van der Waals surface area contributed by atoms with E-state index in [-0.39, 0.29) is 5.97 Å². The number of esters is 1. The van der Waals surface area contributed by atoms with Crippen LogP contribution in [0.3, 0.4) is 0 Å². The summed E-state index contributed by atoms with van der Waals surface area (Å²) >= 11 is 3.39. The smallest absolute Gasteiger partial charge is 0.308 e. The molecule has 7 heteroatoms. The third kappa shape index (κ3) is 6.77. The first-order valence-electron chi connectivity index (χ1n) is 11.3. The van der Waals surface area contributed by atoms with Crippen LogP contribution in [0.4, 0.5) is 0 Å². The van der Waals surface area contributed by atoms with Crippen LogP contribution < -0.4 is 15.4 Å². The Morgan fingerprint density at radius 2 is 1.42 bits per heavy atom. The lowest BCUT2D eigenvalue weighted by atomic mass is 10.1. The van der Waals surface area contributed by atoms with Crippen LogP contribution in [0.2, 0.25) is 0 Å². The summed E-state index contributed by atoms with van der Waals surface area (Å²) in [7, 11) is 0. The first-order valence-corrected chi connectivity index (χ1v) is 13.1. The molecule has 33 heavy (non-hydrogen) atoms.